The molecule has 1 N–H and O–H groups in total. The van der Waals surface area contributed by atoms with Gasteiger partial charge in [0, 0.05) is 5.69 Å². The van der Waals surface area contributed by atoms with Gasteiger partial charge in [0.25, 0.3) is 11.8 Å². The van der Waals surface area contributed by atoms with Gasteiger partial charge in [0.05, 0.1) is 11.1 Å². The van der Waals surface area contributed by atoms with Crippen molar-refractivity contribution in [2.75, 3.05) is 5.32 Å². The smallest absolute Gasteiger partial charge is 0.262 e. The first kappa shape index (κ1) is 16.9. The first-order valence-corrected chi connectivity index (χ1v) is 8.32. The predicted molar refractivity (Wildman–Crippen MR) is 95.6 cm³/mol. The molecule has 1 aliphatic heterocycles. The van der Waals surface area contributed by atoms with Crippen LogP contribution in [0.1, 0.15) is 45.7 Å². The molecule has 0 aliphatic carbocycles. The molecule has 25 heavy (non-hydrogen) atoms. The van der Waals surface area contributed by atoms with E-state index in [2.05, 4.69) is 5.32 Å². The first-order valence-electron chi connectivity index (χ1n) is 8.32. The van der Waals surface area contributed by atoms with Crippen LogP contribution in [-0.2, 0) is 11.2 Å². The maximum Gasteiger partial charge on any atom is 0.262 e. The largest absolute Gasteiger partial charge is 0.324 e. The SMILES string of the molecule is CCc1cccc(C)c1NC(=O)[C@H](C)N1C(=O)c2ccccc2C1=O. The van der Waals surface area contributed by atoms with E-state index in [0.717, 1.165) is 28.1 Å². The van der Waals surface area contributed by atoms with Gasteiger partial charge in [-0.05, 0) is 43.5 Å². The molecule has 1 atom stereocenters. The highest BCUT2D eigenvalue weighted by Gasteiger charge is 2.40. The van der Waals surface area contributed by atoms with Crippen LogP contribution in [0.5, 0.6) is 0 Å². The van der Waals surface area contributed by atoms with Crippen molar-refractivity contribution in [1.82, 2.24) is 4.90 Å². The predicted octanol–water partition coefficient (Wildman–Crippen LogP) is 3.18. The van der Waals surface area contributed by atoms with Gasteiger partial charge in [-0.15, -0.1) is 0 Å². The molecule has 2 aromatic rings. The minimum atomic E-state index is -0.892. The van der Waals surface area contributed by atoms with E-state index in [0.29, 0.717) is 11.1 Å². The van der Waals surface area contributed by atoms with Crippen LogP contribution in [0.4, 0.5) is 5.69 Å². The fourth-order valence-electron chi connectivity index (χ4n) is 3.11. The molecule has 0 unspecified atom stereocenters. The molecule has 5 nitrogen and oxygen atoms in total. The van der Waals surface area contributed by atoms with Crippen LogP contribution in [0.2, 0.25) is 0 Å². The molecule has 128 valence electrons. The molecule has 3 rings (SSSR count). The van der Waals surface area contributed by atoms with Crippen molar-refractivity contribution in [3.05, 3.63) is 64.7 Å². The molecular weight excluding hydrogens is 316 g/mol. The molecule has 3 amide bonds. The monoisotopic (exact) mass is 336 g/mol. The topological polar surface area (TPSA) is 66.5 Å². The van der Waals surface area contributed by atoms with Gasteiger partial charge >= 0.3 is 0 Å². The van der Waals surface area contributed by atoms with E-state index >= 15 is 0 Å². The Morgan fingerprint density at radius 1 is 1.04 bits per heavy atom. The third-order valence-corrected chi connectivity index (χ3v) is 4.58. The summed E-state index contributed by atoms with van der Waals surface area (Å²) >= 11 is 0. The molecule has 0 aromatic heterocycles. The van der Waals surface area contributed by atoms with Gasteiger partial charge in [-0.3, -0.25) is 19.3 Å². The molecule has 0 bridgehead atoms. The van der Waals surface area contributed by atoms with Crippen LogP contribution in [0.25, 0.3) is 0 Å². The van der Waals surface area contributed by atoms with Crippen molar-refractivity contribution < 1.29 is 14.4 Å². The highest BCUT2D eigenvalue weighted by Crippen LogP contribution is 2.26. The Morgan fingerprint density at radius 3 is 2.20 bits per heavy atom. The van der Waals surface area contributed by atoms with Gasteiger partial charge in [-0.25, -0.2) is 0 Å². The van der Waals surface area contributed by atoms with Gasteiger partial charge in [-0.2, -0.15) is 0 Å². The van der Waals surface area contributed by atoms with Crippen LogP contribution in [0.15, 0.2) is 42.5 Å². The number of fused-ring (bicyclic) bond motifs is 1. The molecular formula is C20H20N2O3. The number of imide groups is 1. The highest BCUT2D eigenvalue weighted by molar-refractivity contribution is 6.23. The summed E-state index contributed by atoms with van der Waals surface area (Å²) in [7, 11) is 0. The number of amides is 3. The second-order valence-corrected chi connectivity index (χ2v) is 6.15. The number of anilines is 1. The molecule has 0 fully saturated rings. The summed E-state index contributed by atoms with van der Waals surface area (Å²) in [6.45, 7) is 5.50. The first-order chi connectivity index (χ1) is 12.0. The highest BCUT2D eigenvalue weighted by atomic mass is 16.2. The Bertz CT molecular complexity index is 838. The van der Waals surface area contributed by atoms with Gasteiger partial charge in [0.15, 0.2) is 0 Å². The minimum Gasteiger partial charge on any atom is -0.324 e. The number of carbonyl (C=O) groups is 3. The molecule has 5 heteroatoms. The zero-order chi connectivity index (χ0) is 18.1. The van der Waals surface area contributed by atoms with E-state index in [1.54, 1.807) is 31.2 Å². The van der Waals surface area contributed by atoms with Crippen molar-refractivity contribution >= 4 is 23.4 Å². The zero-order valence-corrected chi connectivity index (χ0v) is 14.5. The Morgan fingerprint density at radius 2 is 1.64 bits per heavy atom. The molecule has 0 spiro atoms. The molecule has 2 aromatic carbocycles. The van der Waals surface area contributed by atoms with E-state index in [9.17, 15) is 14.4 Å². The van der Waals surface area contributed by atoms with Crippen LogP contribution < -0.4 is 5.32 Å². The van der Waals surface area contributed by atoms with Crippen LogP contribution >= 0.6 is 0 Å². The summed E-state index contributed by atoms with van der Waals surface area (Å²) in [4.78, 5) is 38.8. The lowest BCUT2D eigenvalue weighted by atomic mass is 10.1. The summed E-state index contributed by atoms with van der Waals surface area (Å²) in [5.41, 5.74) is 3.40. The molecule has 0 radical (unpaired) electrons. The summed E-state index contributed by atoms with van der Waals surface area (Å²) in [5.74, 6) is -1.23. The Hall–Kier alpha value is -2.95. The number of benzene rings is 2. The van der Waals surface area contributed by atoms with E-state index in [1.807, 2.05) is 32.0 Å². The number of hydrogen-bond acceptors (Lipinski definition) is 3. The standard InChI is InChI=1S/C20H20N2O3/c1-4-14-9-7-8-12(2)17(14)21-18(23)13(3)22-19(24)15-10-5-6-11-16(15)20(22)25/h5-11,13H,4H2,1-3H3,(H,21,23)/t13-/m0/s1. The van der Waals surface area contributed by atoms with Crippen molar-refractivity contribution in [3.8, 4) is 0 Å². The van der Waals surface area contributed by atoms with Crippen molar-refractivity contribution in [2.45, 2.75) is 33.2 Å². The zero-order valence-electron chi connectivity index (χ0n) is 14.5. The number of nitrogens with zero attached hydrogens (tertiary/aromatic N) is 1. The van der Waals surface area contributed by atoms with Gasteiger partial charge < -0.3 is 5.32 Å². The summed E-state index contributed by atoms with van der Waals surface area (Å²) < 4.78 is 0. The second kappa shape index (κ2) is 6.51. The number of carbonyl (C=O) groups excluding carboxylic acids is 3. The average molecular weight is 336 g/mol. The number of aryl methyl sites for hydroxylation is 2. The maximum absolute atomic E-state index is 12.7. The summed E-state index contributed by atoms with van der Waals surface area (Å²) in [6.07, 6.45) is 0.776. The third kappa shape index (κ3) is 2.82. The fourth-order valence-corrected chi connectivity index (χ4v) is 3.11. The van der Waals surface area contributed by atoms with Gasteiger partial charge in [0.1, 0.15) is 6.04 Å². The summed E-state index contributed by atoms with van der Waals surface area (Å²) in [6, 6.07) is 11.6. The Kier molecular flexibility index (Phi) is 4.40. The lowest BCUT2D eigenvalue weighted by molar-refractivity contribution is -0.119. The van der Waals surface area contributed by atoms with Gasteiger partial charge in [-0.1, -0.05) is 37.3 Å². The van der Waals surface area contributed by atoms with Crippen molar-refractivity contribution in [3.63, 3.8) is 0 Å². The molecule has 0 saturated carbocycles. The minimum absolute atomic E-state index is 0.345. The number of nitrogens with one attached hydrogen (secondary N) is 1. The number of hydrogen-bond donors (Lipinski definition) is 1. The van der Waals surface area contributed by atoms with Crippen molar-refractivity contribution in [1.29, 1.82) is 0 Å². The normalized spacial score (nSPS) is 14.4. The average Bonchev–Trinajstić information content (AvgIpc) is 2.87. The molecule has 1 heterocycles. The summed E-state index contributed by atoms with van der Waals surface area (Å²) in [5, 5.41) is 2.89. The van der Waals surface area contributed by atoms with Gasteiger partial charge in [0.2, 0.25) is 5.91 Å². The fraction of sp³-hybridized carbons (Fsp3) is 0.250. The lowest BCUT2D eigenvalue weighted by Gasteiger charge is -2.23. The van der Waals surface area contributed by atoms with Crippen molar-refractivity contribution in [2.24, 2.45) is 0 Å². The number of rotatable bonds is 4. The van der Waals surface area contributed by atoms with Crippen LogP contribution in [-0.4, -0.2) is 28.7 Å². The lowest BCUT2D eigenvalue weighted by Crippen LogP contribution is -2.45. The third-order valence-electron chi connectivity index (χ3n) is 4.58. The van der Waals surface area contributed by atoms with E-state index < -0.39 is 17.9 Å². The van der Waals surface area contributed by atoms with E-state index in [-0.39, 0.29) is 5.91 Å². The number of para-hydroxylation sites is 1. The van der Waals surface area contributed by atoms with Crippen LogP contribution in [0, 0.1) is 6.92 Å². The van der Waals surface area contributed by atoms with Crippen LogP contribution in [0.3, 0.4) is 0 Å². The Labute approximate surface area is 146 Å². The van der Waals surface area contributed by atoms with E-state index in [1.165, 1.54) is 0 Å². The quantitative estimate of drug-likeness (QED) is 0.872. The molecule has 0 saturated heterocycles. The molecule has 1 aliphatic rings. The maximum atomic E-state index is 12.7. The second-order valence-electron chi connectivity index (χ2n) is 6.15. The van der Waals surface area contributed by atoms with E-state index in [4.69, 9.17) is 0 Å². The Balaban J connectivity index is 1.85.